The Labute approximate surface area is 114 Å². The van der Waals surface area contributed by atoms with Crippen molar-refractivity contribution < 1.29 is 23.8 Å². The predicted molar refractivity (Wildman–Crippen MR) is 70.8 cm³/mol. The van der Waals surface area contributed by atoms with Gasteiger partial charge in [0.1, 0.15) is 17.1 Å². The SMILES string of the molecule is COc1ccccc1Oc1ccc(F)c(N)c1C(=O)O. The van der Waals surface area contributed by atoms with E-state index in [1.165, 1.54) is 13.2 Å². The van der Waals surface area contributed by atoms with Gasteiger partial charge in [-0.1, -0.05) is 12.1 Å². The van der Waals surface area contributed by atoms with E-state index in [0.29, 0.717) is 11.5 Å². The zero-order valence-corrected chi connectivity index (χ0v) is 10.6. The van der Waals surface area contributed by atoms with E-state index in [9.17, 15) is 9.18 Å². The number of nitrogen functional groups attached to an aromatic ring is 1. The van der Waals surface area contributed by atoms with Crippen LogP contribution in [0.15, 0.2) is 36.4 Å². The Hall–Kier alpha value is -2.76. The lowest BCUT2D eigenvalue weighted by molar-refractivity contribution is 0.0695. The molecule has 3 N–H and O–H groups in total. The van der Waals surface area contributed by atoms with E-state index in [0.717, 1.165) is 6.07 Å². The normalized spacial score (nSPS) is 10.1. The molecule has 2 aromatic rings. The second kappa shape index (κ2) is 5.48. The summed E-state index contributed by atoms with van der Waals surface area (Å²) in [6, 6.07) is 8.95. The highest BCUT2D eigenvalue weighted by Gasteiger charge is 2.20. The fourth-order valence-corrected chi connectivity index (χ4v) is 1.70. The van der Waals surface area contributed by atoms with Crippen LogP contribution in [0.1, 0.15) is 10.4 Å². The molecule has 0 atom stereocenters. The van der Waals surface area contributed by atoms with Crippen LogP contribution in [0.2, 0.25) is 0 Å². The van der Waals surface area contributed by atoms with Gasteiger partial charge in [0.15, 0.2) is 11.5 Å². The molecule has 0 aliphatic rings. The van der Waals surface area contributed by atoms with E-state index in [4.69, 9.17) is 20.3 Å². The van der Waals surface area contributed by atoms with Gasteiger partial charge >= 0.3 is 5.97 Å². The number of benzene rings is 2. The van der Waals surface area contributed by atoms with E-state index in [1.54, 1.807) is 24.3 Å². The standard InChI is InChI=1S/C14H12FNO4/c1-19-9-4-2-3-5-10(9)20-11-7-6-8(15)13(16)12(11)14(17)18/h2-7H,16H2,1H3,(H,17,18). The molecule has 6 heteroatoms. The molecule has 0 fully saturated rings. The minimum atomic E-state index is -1.37. The molecule has 0 unspecified atom stereocenters. The molecule has 0 saturated heterocycles. The first-order valence-corrected chi connectivity index (χ1v) is 5.66. The molecule has 2 rings (SSSR count). The van der Waals surface area contributed by atoms with Crippen LogP contribution in [0.4, 0.5) is 10.1 Å². The molecular formula is C14H12FNO4. The average molecular weight is 277 g/mol. The molecular weight excluding hydrogens is 265 g/mol. The second-order valence-electron chi connectivity index (χ2n) is 3.89. The van der Waals surface area contributed by atoms with Gasteiger partial charge in [-0.25, -0.2) is 9.18 Å². The zero-order chi connectivity index (χ0) is 14.7. The number of hydrogen-bond donors (Lipinski definition) is 2. The van der Waals surface area contributed by atoms with Crippen molar-refractivity contribution in [2.45, 2.75) is 0 Å². The fourth-order valence-electron chi connectivity index (χ4n) is 1.70. The molecule has 104 valence electrons. The highest BCUT2D eigenvalue weighted by atomic mass is 19.1. The third-order valence-electron chi connectivity index (χ3n) is 2.66. The van der Waals surface area contributed by atoms with E-state index in [-0.39, 0.29) is 5.75 Å². The molecule has 0 radical (unpaired) electrons. The maximum absolute atomic E-state index is 13.3. The summed E-state index contributed by atoms with van der Waals surface area (Å²) in [5.74, 6) is -1.50. The predicted octanol–water partition coefficient (Wildman–Crippen LogP) is 2.91. The number of methoxy groups -OCH3 is 1. The summed E-state index contributed by atoms with van der Waals surface area (Å²) < 4.78 is 23.9. The Morgan fingerprint density at radius 2 is 1.80 bits per heavy atom. The number of carbonyl (C=O) groups is 1. The minimum Gasteiger partial charge on any atom is -0.493 e. The monoisotopic (exact) mass is 277 g/mol. The third-order valence-corrected chi connectivity index (χ3v) is 2.66. The third kappa shape index (κ3) is 2.49. The van der Waals surface area contributed by atoms with E-state index >= 15 is 0 Å². The Kier molecular flexibility index (Phi) is 3.74. The summed E-state index contributed by atoms with van der Waals surface area (Å²) in [7, 11) is 1.46. The molecule has 2 aromatic carbocycles. The first-order chi connectivity index (χ1) is 9.54. The topological polar surface area (TPSA) is 81.8 Å². The Morgan fingerprint density at radius 1 is 1.15 bits per heavy atom. The van der Waals surface area contributed by atoms with Gasteiger partial charge in [-0.2, -0.15) is 0 Å². The molecule has 0 aromatic heterocycles. The van der Waals surface area contributed by atoms with Gasteiger partial charge in [0, 0.05) is 0 Å². The lowest BCUT2D eigenvalue weighted by atomic mass is 10.1. The van der Waals surface area contributed by atoms with Crippen LogP contribution in [0, 0.1) is 5.82 Å². The molecule has 0 aliphatic heterocycles. The molecule has 0 aliphatic carbocycles. The highest BCUT2D eigenvalue weighted by Crippen LogP contribution is 2.35. The first-order valence-electron chi connectivity index (χ1n) is 5.66. The number of aromatic carboxylic acids is 1. The van der Waals surface area contributed by atoms with Crippen molar-refractivity contribution in [3.63, 3.8) is 0 Å². The first kappa shape index (κ1) is 13.7. The number of carboxylic acids is 1. The number of nitrogens with two attached hydrogens (primary N) is 1. The van der Waals surface area contributed by atoms with Gasteiger partial charge in [0.2, 0.25) is 0 Å². The Morgan fingerprint density at radius 3 is 2.40 bits per heavy atom. The summed E-state index contributed by atoms with van der Waals surface area (Å²) in [5, 5.41) is 9.12. The van der Waals surface area contributed by atoms with Crippen molar-refractivity contribution in [3.8, 4) is 17.2 Å². The van der Waals surface area contributed by atoms with E-state index in [1.807, 2.05) is 0 Å². The van der Waals surface area contributed by atoms with Crippen LogP contribution >= 0.6 is 0 Å². The summed E-state index contributed by atoms with van der Waals surface area (Å²) in [6.07, 6.45) is 0. The van der Waals surface area contributed by atoms with Crippen molar-refractivity contribution in [1.82, 2.24) is 0 Å². The van der Waals surface area contributed by atoms with Crippen molar-refractivity contribution in [3.05, 3.63) is 47.8 Å². The molecule has 20 heavy (non-hydrogen) atoms. The van der Waals surface area contributed by atoms with Gasteiger partial charge < -0.3 is 20.3 Å². The summed E-state index contributed by atoms with van der Waals surface area (Å²) in [4.78, 5) is 11.2. The number of carboxylic acid groups (broad SMARTS) is 1. The van der Waals surface area contributed by atoms with Crippen molar-refractivity contribution in [2.75, 3.05) is 12.8 Å². The van der Waals surface area contributed by atoms with Crippen molar-refractivity contribution in [1.29, 1.82) is 0 Å². The van der Waals surface area contributed by atoms with E-state index in [2.05, 4.69) is 0 Å². The molecule has 0 amide bonds. The highest BCUT2D eigenvalue weighted by molar-refractivity contribution is 5.97. The van der Waals surface area contributed by atoms with Crippen LogP contribution in [-0.2, 0) is 0 Å². The molecule has 5 nitrogen and oxygen atoms in total. The molecule has 0 saturated carbocycles. The molecule has 0 spiro atoms. The average Bonchev–Trinajstić information content (AvgIpc) is 2.43. The van der Waals surface area contributed by atoms with Gasteiger partial charge in [-0.15, -0.1) is 0 Å². The minimum absolute atomic E-state index is 0.0547. The number of anilines is 1. The van der Waals surface area contributed by atoms with Crippen LogP contribution < -0.4 is 15.2 Å². The molecule has 0 heterocycles. The summed E-state index contributed by atoms with van der Waals surface area (Å²) >= 11 is 0. The van der Waals surface area contributed by atoms with Gasteiger partial charge in [0.05, 0.1) is 12.8 Å². The van der Waals surface area contributed by atoms with Crippen LogP contribution in [0.3, 0.4) is 0 Å². The molecule has 0 bridgehead atoms. The van der Waals surface area contributed by atoms with Crippen LogP contribution in [0.25, 0.3) is 0 Å². The largest absolute Gasteiger partial charge is 0.493 e. The second-order valence-corrected chi connectivity index (χ2v) is 3.89. The number of ether oxygens (including phenoxy) is 2. The van der Waals surface area contributed by atoms with Crippen LogP contribution in [0.5, 0.6) is 17.2 Å². The lowest BCUT2D eigenvalue weighted by Gasteiger charge is -2.13. The van der Waals surface area contributed by atoms with Crippen LogP contribution in [-0.4, -0.2) is 18.2 Å². The number of halogens is 1. The Balaban J connectivity index is 2.49. The van der Waals surface area contributed by atoms with Gasteiger partial charge in [-0.3, -0.25) is 0 Å². The zero-order valence-electron chi connectivity index (χ0n) is 10.6. The van der Waals surface area contributed by atoms with Crippen molar-refractivity contribution >= 4 is 11.7 Å². The van der Waals surface area contributed by atoms with Gasteiger partial charge in [-0.05, 0) is 24.3 Å². The number of hydrogen-bond acceptors (Lipinski definition) is 4. The van der Waals surface area contributed by atoms with Gasteiger partial charge in [0.25, 0.3) is 0 Å². The Bertz CT molecular complexity index is 658. The maximum atomic E-state index is 13.3. The maximum Gasteiger partial charge on any atom is 0.341 e. The fraction of sp³-hybridized carbons (Fsp3) is 0.0714. The lowest BCUT2D eigenvalue weighted by Crippen LogP contribution is -2.07. The van der Waals surface area contributed by atoms with Crippen molar-refractivity contribution in [2.24, 2.45) is 0 Å². The number of rotatable bonds is 4. The summed E-state index contributed by atoms with van der Waals surface area (Å²) in [5.41, 5.74) is 4.55. The smallest absolute Gasteiger partial charge is 0.341 e. The van der Waals surface area contributed by atoms with E-state index < -0.39 is 23.0 Å². The quantitative estimate of drug-likeness (QED) is 0.840. The number of para-hydroxylation sites is 2. The summed E-state index contributed by atoms with van der Waals surface area (Å²) in [6.45, 7) is 0.